The summed E-state index contributed by atoms with van der Waals surface area (Å²) in [5, 5.41) is 9.09. The first-order valence-corrected chi connectivity index (χ1v) is 16.8. The Morgan fingerprint density at radius 2 is 1.44 bits per heavy atom. The summed E-state index contributed by atoms with van der Waals surface area (Å²) in [5.41, 5.74) is 3.13. The molecule has 2 saturated heterocycles. The van der Waals surface area contributed by atoms with Gasteiger partial charge in [-0.1, -0.05) is 97.4 Å². The average molecular weight is 603 g/mol. The van der Waals surface area contributed by atoms with Gasteiger partial charge >= 0.3 is 0 Å². The Morgan fingerprint density at radius 1 is 0.778 bits per heavy atom. The molecule has 2 amide bonds. The first kappa shape index (κ1) is 31.0. The van der Waals surface area contributed by atoms with E-state index >= 15 is 0 Å². The van der Waals surface area contributed by atoms with Crippen LogP contribution in [0.2, 0.25) is 0 Å². The number of amides is 2. The molecule has 2 N–H and O–H groups in total. The summed E-state index contributed by atoms with van der Waals surface area (Å²) in [6.45, 7) is 5.10. The first-order valence-electron chi connectivity index (χ1n) is 16.8. The Balaban J connectivity index is 1.14. The fourth-order valence-electron chi connectivity index (χ4n) is 6.98. The Kier molecular flexibility index (Phi) is 10.6. The minimum Gasteiger partial charge on any atom is -0.352 e. The molecule has 45 heavy (non-hydrogen) atoms. The highest BCUT2D eigenvalue weighted by molar-refractivity contribution is 5.98. The van der Waals surface area contributed by atoms with Gasteiger partial charge in [-0.2, -0.15) is 0 Å². The van der Waals surface area contributed by atoms with Crippen LogP contribution in [0.5, 0.6) is 0 Å². The van der Waals surface area contributed by atoms with E-state index in [0.29, 0.717) is 25.2 Å². The van der Waals surface area contributed by atoms with Crippen LogP contribution in [0.3, 0.4) is 0 Å². The molecule has 2 fully saturated rings. The second-order valence-corrected chi connectivity index (χ2v) is 12.7. The second kappa shape index (κ2) is 15.3. The lowest BCUT2D eigenvalue weighted by Crippen LogP contribution is -2.48. The molecule has 0 aliphatic carbocycles. The molecule has 234 valence electrons. The number of benzene rings is 4. The molecule has 0 saturated carbocycles. The van der Waals surface area contributed by atoms with Gasteiger partial charge in [-0.05, 0) is 79.2 Å². The van der Waals surface area contributed by atoms with Crippen molar-refractivity contribution in [3.8, 4) is 0 Å². The normalized spacial score (nSPS) is 19.5. The number of piperidine rings is 1. The van der Waals surface area contributed by atoms with E-state index in [-0.39, 0.29) is 29.8 Å². The van der Waals surface area contributed by atoms with Crippen LogP contribution in [0.1, 0.15) is 65.9 Å². The third-order valence-corrected chi connectivity index (χ3v) is 9.57. The van der Waals surface area contributed by atoms with E-state index < -0.39 is 0 Å². The molecule has 0 spiro atoms. The smallest absolute Gasteiger partial charge is 0.251 e. The number of nitrogens with one attached hydrogen (secondary N) is 2. The summed E-state index contributed by atoms with van der Waals surface area (Å²) >= 11 is 0. The summed E-state index contributed by atoms with van der Waals surface area (Å²) in [7, 11) is 0. The fourth-order valence-corrected chi connectivity index (χ4v) is 6.98. The Morgan fingerprint density at radius 3 is 2.16 bits per heavy atom. The molecule has 0 radical (unpaired) electrons. The van der Waals surface area contributed by atoms with Crippen molar-refractivity contribution in [1.82, 2.24) is 20.4 Å². The number of hydrogen-bond acceptors (Lipinski definition) is 4. The molecular formula is C39H46N4O2. The van der Waals surface area contributed by atoms with E-state index in [2.05, 4.69) is 75.0 Å². The summed E-state index contributed by atoms with van der Waals surface area (Å²) < 4.78 is 0. The molecule has 4 aromatic carbocycles. The predicted molar refractivity (Wildman–Crippen MR) is 182 cm³/mol. The SMILES string of the molecule is O=C(NCCC1CCN(CC(c2ccccc2)c2ccccc2)C(=O)C(CCN2CCCCC2)N1)c1ccc2ccccc2c1. The van der Waals surface area contributed by atoms with Gasteiger partial charge < -0.3 is 20.4 Å². The van der Waals surface area contributed by atoms with Crippen LogP contribution in [-0.4, -0.2) is 73.0 Å². The molecule has 2 atom stereocenters. The van der Waals surface area contributed by atoms with E-state index in [1.165, 1.54) is 30.4 Å². The number of carbonyl (C=O) groups excluding carboxylic acids is 2. The van der Waals surface area contributed by atoms with Crippen LogP contribution >= 0.6 is 0 Å². The van der Waals surface area contributed by atoms with Gasteiger partial charge in [-0.3, -0.25) is 9.59 Å². The maximum atomic E-state index is 14.2. The van der Waals surface area contributed by atoms with Crippen LogP contribution in [0.15, 0.2) is 103 Å². The van der Waals surface area contributed by atoms with Crippen molar-refractivity contribution in [3.63, 3.8) is 0 Å². The number of rotatable bonds is 11. The summed E-state index contributed by atoms with van der Waals surface area (Å²) in [6, 6.07) is 35.0. The van der Waals surface area contributed by atoms with Crippen molar-refractivity contribution in [2.75, 3.05) is 39.3 Å². The minimum absolute atomic E-state index is 0.0534. The number of hydrogen-bond donors (Lipinski definition) is 2. The monoisotopic (exact) mass is 602 g/mol. The van der Waals surface area contributed by atoms with Gasteiger partial charge in [0.1, 0.15) is 0 Å². The Labute approximate surface area is 267 Å². The van der Waals surface area contributed by atoms with Gasteiger partial charge in [0.05, 0.1) is 6.04 Å². The molecule has 0 bridgehead atoms. The van der Waals surface area contributed by atoms with Crippen LogP contribution in [0.25, 0.3) is 10.8 Å². The standard InChI is InChI=1S/C39H46N4O2/c44-38(34-19-18-30-12-8-9-17-33(30)28-34)40-23-20-35-21-27-43(39(45)37(41-35)22-26-42-24-10-3-11-25-42)29-36(31-13-4-1-5-14-31)32-15-6-2-7-16-32/h1-2,4-9,12-19,28,35-37,41H,3,10-11,20-27,29H2,(H,40,44). The number of nitrogens with zero attached hydrogens (tertiary/aromatic N) is 2. The molecular weight excluding hydrogens is 556 g/mol. The second-order valence-electron chi connectivity index (χ2n) is 12.7. The molecule has 2 unspecified atom stereocenters. The van der Waals surface area contributed by atoms with Crippen molar-refractivity contribution in [2.24, 2.45) is 0 Å². The highest BCUT2D eigenvalue weighted by atomic mass is 16.2. The van der Waals surface area contributed by atoms with E-state index in [4.69, 9.17) is 0 Å². The quantitative estimate of drug-likeness (QED) is 0.214. The van der Waals surface area contributed by atoms with Gasteiger partial charge in [0.25, 0.3) is 5.91 Å². The number of fused-ring (bicyclic) bond motifs is 1. The van der Waals surface area contributed by atoms with Crippen molar-refractivity contribution in [3.05, 3.63) is 120 Å². The molecule has 2 aliphatic rings. The molecule has 4 aromatic rings. The van der Waals surface area contributed by atoms with Crippen molar-refractivity contribution < 1.29 is 9.59 Å². The number of carbonyl (C=O) groups is 2. The first-order chi connectivity index (χ1) is 22.1. The molecule has 6 nitrogen and oxygen atoms in total. The van der Waals surface area contributed by atoms with Crippen molar-refractivity contribution in [2.45, 2.75) is 56.5 Å². The Hall–Kier alpha value is -4.00. The largest absolute Gasteiger partial charge is 0.352 e. The van der Waals surface area contributed by atoms with E-state index in [1.807, 2.05) is 48.5 Å². The molecule has 0 aromatic heterocycles. The topological polar surface area (TPSA) is 64.7 Å². The molecule has 6 heteroatoms. The van der Waals surface area contributed by atoms with Gasteiger partial charge in [0.15, 0.2) is 0 Å². The van der Waals surface area contributed by atoms with Crippen LogP contribution in [0, 0.1) is 0 Å². The predicted octanol–water partition coefficient (Wildman–Crippen LogP) is 6.23. The maximum absolute atomic E-state index is 14.2. The fraction of sp³-hybridized carbons (Fsp3) is 0.385. The van der Waals surface area contributed by atoms with Crippen LogP contribution < -0.4 is 10.6 Å². The highest BCUT2D eigenvalue weighted by Crippen LogP contribution is 2.27. The van der Waals surface area contributed by atoms with Crippen LogP contribution in [-0.2, 0) is 4.79 Å². The molecule has 2 aliphatic heterocycles. The third-order valence-electron chi connectivity index (χ3n) is 9.57. The highest BCUT2D eigenvalue weighted by Gasteiger charge is 2.33. The Bertz CT molecular complexity index is 1500. The van der Waals surface area contributed by atoms with Crippen LogP contribution in [0.4, 0.5) is 0 Å². The number of likely N-dealkylation sites (tertiary alicyclic amines) is 1. The van der Waals surface area contributed by atoms with Gasteiger partial charge in [0, 0.05) is 43.7 Å². The molecule has 6 rings (SSSR count). The lowest BCUT2D eigenvalue weighted by molar-refractivity contribution is -0.133. The third kappa shape index (κ3) is 8.19. The van der Waals surface area contributed by atoms with E-state index in [0.717, 1.165) is 49.7 Å². The summed E-state index contributed by atoms with van der Waals surface area (Å²) in [6.07, 6.45) is 6.23. The zero-order valence-electron chi connectivity index (χ0n) is 26.2. The van der Waals surface area contributed by atoms with Crippen molar-refractivity contribution >= 4 is 22.6 Å². The van der Waals surface area contributed by atoms with Gasteiger partial charge in [-0.15, -0.1) is 0 Å². The summed E-state index contributed by atoms with van der Waals surface area (Å²) in [5.74, 6) is 0.255. The van der Waals surface area contributed by atoms with E-state index in [1.54, 1.807) is 0 Å². The molecule has 2 heterocycles. The summed E-state index contributed by atoms with van der Waals surface area (Å²) in [4.78, 5) is 31.9. The lowest BCUT2D eigenvalue weighted by Gasteiger charge is -2.31. The zero-order valence-corrected chi connectivity index (χ0v) is 26.2. The van der Waals surface area contributed by atoms with Gasteiger partial charge in [0.2, 0.25) is 5.91 Å². The maximum Gasteiger partial charge on any atom is 0.251 e. The zero-order chi connectivity index (χ0) is 30.8. The average Bonchev–Trinajstić information content (AvgIpc) is 3.24. The van der Waals surface area contributed by atoms with Crippen molar-refractivity contribution in [1.29, 1.82) is 0 Å². The minimum atomic E-state index is -0.234. The lowest BCUT2D eigenvalue weighted by atomic mass is 9.90. The van der Waals surface area contributed by atoms with E-state index in [9.17, 15) is 9.59 Å². The van der Waals surface area contributed by atoms with Gasteiger partial charge in [-0.25, -0.2) is 0 Å².